The molecule has 0 saturated heterocycles. The number of nitrogens with zero attached hydrogens (tertiary/aromatic N) is 1. The second-order valence-corrected chi connectivity index (χ2v) is 6.50. The minimum atomic E-state index is -0.730. The standard InChI is InChI=1S/C18H15Cl2NO4/c1-10-7-13(8-11(2)16(10)20)24-6-5-21-15-4-3-12(19)9-14(15)17(22)25-18(21)23/h3-4,7-9H,5-6H2,1-2H3. The van der Waals surface area contributed by atoms with Crippen molar-refractivity contribution in [1.82, 2.24) is 4.57 Å². The summed E-state index contributed by atoms with van der Waals surface area (Å²) in [6.07, 6.45) is 0. The van der Waals surface area contributed by atoms with E-state index in [1.54, 1.807) is 12.1 Å². The summed E-state index contributed by atoms with van der Waals surface area (Å²) in [7, 11) is 0. The molecule has 130 valence electrons. The van der Waals surface area contributed by atoms with E-state index in [-0.39, 0.29) is 18.5 Å². The van der Waals surface area contributed by atoms with Crippen LogP contribution < -0.4 is 16.1 Å². The Labute approximate surface area is 153 Å². The van der Waals surface area contributed by atoms with Gasteiger partial charge in [-0.15, -0.1) is 0 Å². The van der Waals surface area contributed by atoms with E-state index in [0.717, 1.165) is 11.1 Å². The van der Waals surface area contributed by atoms with Crippen LogP contribution in [0.15, 0.2) is 44.3 Å². The number of hydrogen-bond acceptors (Lipinski definition) is 4. The summed E-state index contributed by atoms with van der Waals surface area (Å²) < 4.78 is 11.8. The van der Waals surface area contributed by atoms with Gasteiger partial charge in [-0.2, -0.15) is 0 Å². The molecule has 0 saturated carbocycles. The molecule has 0 aliphatic carbocycles. The summed E-state index contributed by atoms with van der Waals surface area (Å²) in [5.74, 6) is -0.0657. The van der Waals surface area contributed by atoms with Gasteiger partial charge in [0.25, 0.3) is 0 Å². The minimum absolute atomic E-state index is 0.224. The molecule has 2 aromatic carbocycles. The van der Waals surface area contributed by atoms with Crippen LogP contribution >= 0.6 is 23.2 Å². The number of aromatic nitrogens is 1. The van der Waals surface area contributed by atoms with Gasteiger partial charge < -0.3 is 9.15 Å². The molecule has 3 rings (SSSR count). The van der Waals surface area contributed by atoms with E-state index in [1.807, 2.05) is 26.0 Å². The summed E-state index contributed by atoms with van der Waals surface area (Å²) >= 11 is 12.0. The van der Waals surface area contributed by atoms with E-state index >= 15 is 0 Å². The van der Waals surface area contributed by atoms with E-state index in [0.29, 0.717) is 21.3 Å². The predicted molar refractivity (Wildman–Crippen MR) is 98.2 cm³/mol. The van der Waals surface area contributed by atoms with Gasteiger partial charge in [-0.1, -0.05) is 23.2 Å². The van der Waals surface area contributed by atoms with Gasteiger partial charge >= 0.3 is 11.4 Å². The van der Waals surface area contributed by atoms with Crippen LogP contribution in [0.2, 0.25) is 10.0 Å². The average Bonchev–Trinajstić information content (AvgIpc) is 2.55. The van der Waals surface area contributed by atoms with Gasteiger partial charge in [-0.3, -0.25) is 4.57 Å². The molecule has 0 spiro atoms. The summed E-state index contributed by atoms with van der Waals surface area (Å²) in [6, 6.07) is 8.38. The normalized spacial score (nSPS) is 11.0. The maximum Gasteiger partial charge on any atom is 0.422 e. The third kappa shape index (κ3) is 3.57. The van der Waals surface area contributed by atoms with Crippen LogP contribution in [0, 0.1) is 13.8 Å². The first-order valence-corrected chi connectivity index (χ1v) is 8.35. The quantitative estimate of drug-likeness (QED) is 0.688. The lowest BCUT2D eigenvalue weighted by Crippen LogP contribution is -2.27. The van der Waals surface area contributed by atoms with Gasteiger partial charge in [0.1, 0.15) is 12.4 Å². The van der Waals surface area contributed by atoms with Crippen LogP contribution in [0.4, 0.5) is 0 Å². The lowest BCUT2D eigenvalue weighted by molar-refractivity contribution is 0.287. The van der Waals surface area contributed by atoms with Gasteiger partial charge in [-0.05, 0) is 55.3 Å². The molecule has 1 heterocycles. The molecule has 7 heteroatoms. The molecule has 5 nitrogen and oxygen atoms in total. The van der Waals surface area contributed by atoms with Crippen molar-refractivity contribution in [2.24, 2.45) is 0 Å². The Balaban J connectivity index is 1.87. The Morgan fingerprint density at radius 2 is 1.76 bits per heavy atom. The largest absolute Gasteiger partial charge is 0.492 e. The number of aryl methyl sites for hydroxylation is 2. The fraction of sp³-hybridized carbons (Fsp3) is 0.222. The molecule has 0 aliphatic rings. The van der Waals surface area contributed by atoms with Crippen LogP contribution in [-0.4, -0.2) is 11.2 Å². The van der Waals surface area contributed by atoms with Crippen molar-refractivity contribution in [2.75, 3.05) is 6.61 Å². The molecule has 0 amide bonds. The molecule has 1 aromatic heterocycles. The molecule has 0 aliphatic heterocycles. The zero-order chi connectivity index (χ0) is 18.1. The summed E-state index contributed by atoms with van der Waals surface area (Å²) in [5.41, 5.74) is 1.58. The van der Waals surface area contributed by atoms with Crippen molar-refractivity contribution in [1.29, 1.82) is 0 Å². The second-order valence-electron chi connectivity index (χ2n) is 5.69. The van der Waals surface area contributed by atoms with Crippen LogP contribution in [0.5, 0.6) is 5.75 Å². The van der Waals surface area contributed by atoms with E-state index in [1.165, 1.54) is 10.6 Å². The number of hydrogen-bond donors (Lipinski definition) is 0. The highest BCUT2D eigenvalue weighted by molar-refractivity contribution is 6.32. The Morgan fingerprint density at radius 1 is 1.08 bits per heavy atom. The zero-order valence-corrected chi connectivity index (χ0v) is 15.1. The smallest absolute Gasteiger partial charge is 0.422 e. The zero-order valence-electron chi connectivity index (χ0n) is 13.6. The first kappa shape index (κ1) is 17.6. The molecular weight excluding hydrogens is 365 g/mol. The highest BCUT2D eigenvalue weighted by Gasteiger charge is 2.10. The lowest BCUT2D eigenvalue weighted by atomic mass is 10.1. The molecule has 0 N–H and O–H groups in total. The van der Waals surface area contributed by atoms with Crippen molar-refractivity contribution >= 4 is 34.1 Å². The van der Waals surface area contributed by atoms with Crippen molar-refractivity contribution < 1.29 is 9.15 Å². The second kappa shape index (κ2) is 6.94. The Morgan fingerprint density at radius 3 is 2.44 bits per heavy atom. The van der Waals surface area contributed by atoms with Crippen molar-refractivity contribution in [3.8, 4) is 5.75 Å². The average molecular weight is 380 g/mol. The van der Waals surface area contributed by atoms with Gasteiger partial charge in [0.15, 0.2) is 0 Å². The maximum atomic E-state index is 12.0. The lowest BCUT2D eigenvalue weighted by Gasteiger charge is -2.12. The van der Waals surface area contributed by atoms with E-state index in [4.69, 9.17) is 32.4 Å². The van der Waals surface area contributed by atoms with Crippen LogP contribution in [0.25, 0.3) is 10.9 Å². The van der Waals surface area contributed by atoms with Gasteiger partial charge in [-0.25, -0.2) is 9.59 Å². The Hall–Kier alpha value is -2.24. The van der Waals surface area contributed by atoms with E-state index < -0.39 is 11.4 Å². The highest BCUT2D eigenvalue weighted by Crippen LogP contribution is 2.25. The number of ether oxygens (including phenoxy) is 1. The topological polar surface area (TPSA) is 61.4 Å². The summed E-state index contributed by atoms with van der Waals surface area (Å²) in [6.45, 7) is 4.25. The maximum absolute atomic E-state index is 12.0. The molecule has 0 fully saturated rings. The fourth-order valence-electron chi connectivity index (χ4n) is 2.65. The number of fused-ring (bicyclic) bond motifs is 1. The van der Waals surface area contributed by atoms with Crippen molar-refractivity contribution in [2.45, 2.75) is 20.4 Å². The molecule has 25 heavy (non-hydrogen) atoms. The van der Waals surface area contributed by atoms with Crippen LogP contribution in [0.1, 0.15) is 11.1 Å². The monoisotopic (exact) mass is 379 g/mol. The van der Waals surface area contributed by atoms with Crippen LogP contribution in [0.3, 0.4) is 0 Å². The molecular formula is C18H15Cl2NO4. The first-order valence-electron chi connectivity index (χ1n) is 7.59. The highest BCUT2D eigenvalue weighted by atomic mass is 35.5. The number of benzene rings is 2. The molecule has 0 bridgehead atoms. The third-order valence-corrected chi connectivity index (χ3v) is 4.69. The van der Waals surface area contributed by atoms with Gasteiger partial charge in [0, 0.05) is 10.0 Å². The van der Waals surface area contributed by atoms with Crippen molar-refractivity contribution in [3.63, 3.8) is 0 Å². The van der Waals surface area contributed by atoms with E-state index in [9.17, 15) is 9.59 Å². The SMILES string of the molecule is Cc1cc(OCCn2c(=O)oc(=O)c3cc(Cl)ccc32)cc(C)c1Cl. The molecule has 0 unspecified atom stereocenters. The molecule has 0 radical (unpaired) electrons. The first-order chi connectivity index (χ1) is 11.9. The van der Waals surface area contributed by atoms with Crippen LogP contribution in [-0.2, 0) is 6.54 Å². The number of halogens is 2. The van der Waals surface area contributed by atoms with Gasteiger partial charge in [0.05, 0.1) is 17.4 Å². The fourth-order valence-corrected chi connectivity index (χ4v) is 2.93. The predicted octanol–water partition coefficient (Wildman–Crippen LogP) is 3.96. The Kier molecular flexibility index (Phi) is 4.88. The molecule has 3 aromatic rings. The molecule has 0 atom stereocenters. The summed E-state index contributed by atoms with van der Waals surface area (Å²) in [4.78, 5) is 23.8. The summed E-state index contributed by atoms with van der Waals surface area (Å²) in [5, 5.41) is 1.36. The number of rotatable bonds is 4. The van der Waals surface area contributed by atoms with Crippen molar-refractivity contribution in [3.05, 3.63) is 72.5 Å². The van der Waals surface area contributed by atoms with E-state index in [2.05, 4.69) is 0 Å². The Bertz CT molecular complexity index is 1050. The van der Waals surface area contributed by atoms with Gasteiger partial charge in [0.2, 0.25) is 0 Å². The minimum Gasteiger partial charge on any atom is -0.492 e. The third-order valence-electron chi connectivity index (χ3n) is 3.86.